The molecule has 0 aliphatic rings. The van der Waals surface area contributed by atoms with Crippen LogP contribution in [-0.4, -0.2) is 21.9 Å². The Balaban J connectivity index is 1.97. The number of rotatable bonds is 6. The highest BCUT2D eigenvalue weighted by Crippen LogP contribution is 2.27. The van der Waals surface area contributed by atoms with E-state index in [9.17, 15) is 4.79 Å². The van der Waals surface area contributed by atoms with Crippen LogP contribution < -0.4 is 5.32 Å². The average Bonchev–Trinajstić information content (AvgIpc) is 2.98. The largest absolute Gasteiger partial charge is 0.325 e. The lowest BCUT2D eigenvalue weighted by Gasteiger charge is -2.15. The summed E-state index contributed by atoms with van der Waals surface area (Å²) in [5, 5.41) is 10.6. The standard InChI is InChI=1S/C14H17N3OS2/c1-3-10(2)11-6-4-5-7-12(11)16-13(18)8-19-14-17-15-9-20-14/h4-7,9-10H,3,8H2,1-2H3,(H,16,18)/t10-/m0/s1. The van der Waals surface area contributed by atoms with E-state index in [2.05, 4.69) is 35.4 Å². The van der Waals surface area contributed by atoms with E-state index in [-0.39, 0.29) is 5.91 Å². The number of aromatic nitrogens is 2. The molecule has 1 N–H and O–H groups in total. The first-order valence-electron chi connectivity index (χ1n) is 6.48. The van der Waals surface area contributed by atoms with Gasteiger partial charge in [-0.1, -0.05) is 55.1 Å². The summed E-state index contributed by atoms with van der Waals surface area (Å²) in [6.07, 6.45) is 1.05. The number of benzene rings is 1. The number of amides is 1. The summed E-state index contributed by atoms with van der Waals surface area (Å²) in [6.45, 7) is 4.32. The Hall–Kier alpha value is -1.40. The summed E-state index contributed by atoms with van der Waals surface area (Å²) in [6, 6.07) is 7.98. The molecule has 0 radical (unpaired) electrons. The monoisotopic (exact) mass is 307 g/mol. The highest BCUT2D eigenvalue weighted by molar-refractivity contribution is 8.01. The van der Waals surface area contributed by atoms with Crippen LogP contribution in [0.4, 0.5) is 5.69 Å². The molecule has 106 valence electrons. The Morgan fingerprint density at radius 3 is 2.95 bits per heavy atom. The van der Waals surface area contributed by atoms with Crippen LogP contribution in [0.15, 0.2) is 34.1 Å². The van der Waals surface area contributed by atoms with Gasteiger partial charge in [0.2, 0.25) is 5.91 Å². The predicted molar refractivity (Wildman–Crippen MR) is 84.4 cm³/mol. The van der Waals surface area contributed by atoms with Crippen LogP contribution in [0, 0.1) is 0 Å². The fourth-order valence-corrected chi connectivity index (χ4v) is 3.09. The molecule has 2 aromatic rings. The highest BCUT2D eigenvalue weighted by Gasteiger charge is 2.11. The van der Waals surface area contributed by atoms with E-state index in [1.807, 2.05) is 18.2 Å². The molecule has 0 aliphatic carbocycles. The molecular weight excluding hydrogens is 290 g/mol. The van der Waals surface area contributed by atoms with E-state index in [1.54, 1.807) is 5.51 Å². The van der Waals surface area contributed by atoms with Gasteiger partial charge >= 0.3 is 0 Å². The molecular formula is C14H17N3OS2. The van der Waals surface area contributed by atoms with Crippen LogP contribution in [0.3, 0.4) is 0 Å². The fourth-order valence-electron chi connectivity index (χ4n) is 1.80. The van der Waals surface area contributed by atoms with E-state index in [1.165, 1.54) is 28.7 Å². The van der Waals surface area contributed by atoms with Gasteiger partial charge in [-0.05, 0) is 24.0 Å². The molecule has 1 atom stereocenters. The molecule has 0 fully saturated rings. The molecule has 0 bridgehead atoms. The Bertz CT molecular complexity index is 557. The summed E-state index contributed by atoms with van der Waals surface area (Å²) >= 11 is 2.85. The van der Waals surface area contributed by atoms with Gasteiger partial charge in [0.25, 0.3) is 0 Å². The zero-order valence-corrected chi connectivity index (χ0v) is 13.1. The van der Waals surface area contributed by atoms with Crippen molar-refractivity contribution >= 4 is 34.7 Å². The second-order valence-electron chi connectivity index (χ2n) is 4.44. The normalized spacial score (nSPS) is 12.1. The molecule has 4 nitrogen and oxygen atoms in total. The molecule has 0 saturated heterocycles. The molecule has 1 amide bonds. The lowest BCUT2D eigenvalue weighted by molar-refractivity contribution is -0.113. The van der Waals surface area contributed by atoms with Crippen molar-refractivity contribution in [2.45, 2.75) is 30.5 Å². The number of thioether (sulfide) groups is 1. The summed E-state index contributed by atoms with van der Waals surface area (Å²) in [7, 11) is 0. The first kappa shape index (κ1) is 15.0. The highest BCUT2D eigenvalue weighted by atomic mass is 32.2. The molecule has 0 saturated carbocycles. The maximum absolute atomic E-state index is 12.0. The number of hydrogen-bond acceptors (Lipinski definition) is 5. The third kappa shape index (κ3) is 4.05. The quantitative estimate of drug-likeness (QED) is 0.825. The Morgan fingerprint density at radius 1 is 1.45 bits per heavy atom. The van der Waals surface area contributed by atoms with Gasteiger partial charge in [0, 0.05) is 5.69 Å². The van der Waals surface area contributed by atoms with Gasteiger partial charge in [0.1, 0.15) is 5.51 Å². The van der Waals surface area contributed by atoms with Crippen LogP contribution in [0.1, 0.15) is 31.7 Å². The van der Waals surface area contributed by atoms with Gasteiger partial charge in [-0.2, -0.15) is 0 Å². The lowest BCUT2D eigenvalue weighted by atomic mass is 9.97. The number of carbonyl (C=O) groups is 1. The Labute approximate surface area is 127 Å². The molecule has 0 spiro atoms. The third-order valence-corrected chi connectivity index (χ3v) is 4.91. The van der Waals surface area contributed by atoms with Gasteiger partial charge < -0.3 is 5.32 Å². The number of carbonyl (C=O) groups excluding carboxylic acids is 1. The first-order valence-corrected chi connectivity index (χ1v) is 8.35. The van der Waals surface area contributed by atoms with Crippen LogP contribution >= 0.6 is 23.1 Å². The summed E-state index contributed by atoms with van der Waals surface area (Å²) < 4.78 is 0.815. The van der Waals surface area contributed by atoms with Crippen molar-refractivity contribution in [3.63, 3.8) is 0 Å². The van der Waals surface area contributed by atoms with Gasteiger partial charge in [-0.15, -0.1) is 10.2 Å². The molecule has 6 heteroatoms. The molecule has 1 aromatic heterocycles. The minimum absolute atomic E-state index is 0.0130. The Morgan fingerprint density at radius 2 is 2.25 bits per heavy atom. The summed E-state index contributed by atoms with van der Waals surface area (Å²) in [5.74, 6) is 0.771. The molecule has 20 heavy (non-hydrogen) atoms. The SMILES string of the molecule is CC[C@H](C)c1ccccc1NC(=O)CSc1nncs1. The van der Waals surface area contributed by atoms with Crippen molar-refractivity contribution in [3.05, 3.63) is 35.3 Å². The van der Waals surface area contributed by atoms with E-state index < -0.39 is 0 Å². The topological polar surface area (TPSA) is 54.9 Å². The van der Waals surface area contributed by atoms with Crippen LogP contribution in [0.5, 0.6) is 0 Å². The van der Waals surface area contributed by atoms with E-state index >= 15 is 0 Å². The minimum atomic E-state index is -0.0130. The predicted octanol–water partition coefficient (Wildman–Crippen LogP) is 3.78. The molecule has 1 aromatic carbocycles. The zero-order chi connectivity index (χ0) is 14.4. The molecule has 2 rings (SSSR count). The average molecular weight is 307 g/mol. The smallest absolute Gasteiger partial charge is 0.234 e. The van der Waals surface area contributed by atoms with E-state index in [0.717, 1.165) is 16.4 Å². The number of anilines is 1. The summed E-state index contributed by atoms with van der Waals surface area (Å²) in [4.78, 5) is 12.0. The van der Waals surface area contributed by atoms with Crippen molar-refractivity contribution < 1.29 is 4.79 Å². The van der Waals surface area contributed by atoms with E-state index in [0.29, 0.717) is 11.7 Å². The van der Waals surface area contributed by atoms with Gasteiger partial charge in [-0.25, -0.2) is 0 Å². The fraction of sp³-hybridized carbons (Fsp3) is 0.357. The van der Waals surface area contributed by atoms with Crippen LogP contribution in [0.25, 0.3) is 0 Å². The van der Waals surface area contributed by atoms with Crippen molar-refractivity contribution in [3.8, 4) is 0 Å². The van der Waals surface area contributed by atoms with Crippen LogP contribution in [-0.2, 0) is 4.79 Å². The maximum atomic E-state index is 12.0. The first-order chi connectivity index (χ1) is 9.70. The summed E-state index contributed by atoms with van der Waals surface area (Å²) in [5.41, 5.74) is 3.76. The number of nitrogens with zero attached hydrogens (tertiary/aromatic N) is 2. The maximum Gasteiger partial charge on any atom is 0.234 e. The van der Waals surface area contributed by atoms with Crippen molar-refractivity contribution in [1.29, 1.82) is 0 Å². The number of hydrogen-bond donors (Lipinski definition) is 1. The van der Waals surface area contributed by atoms with E-state index in [4.69, 9.17) is 0 Å². The molecule has 0 aliphatic heterocycles. The van der Waals surface area contributed by atoms with Crippen molar-refractivity contribution in [1.82, 2.24) is 10.2 Å². The second kappa shape index (κ2) is 7.40. The van der Waals surface area contributed by atoms with Gasteiger partial charge in [0.05, 0.1) is 5.75 Å². The zero-order valence-electron chi connectivity index (χ0n) is 11.5. The van der Waals surface area contributed by atoms with Crippen molar-refractivity contribution in [2.75, 3.05) is 11.1 Å². The van der Waals surface area contributed by atoms with Crippen molar-refractivity contribution in [2.24, 2.45) is 0 Å². The number of nitrogens with one attached hydrogen (secondary N) is 1. The lowest BCUT2D eigenvalue weighted by Crippen LogP contribution is -2.15. The van der Waals surface area contributed by atoms with Crippen LogP contribution in [0.2, 0.25) is 0 Å². The Kier molecular flexibility index (Phi) is 5.55. The third-order valence-electron chi connectivity index (χ3n) is 3.04. The molecule has 0 unspecified atom stereocenters. The second-order valence-corrected chi connectivity index (χ2v) is 6.49. The van der Waals surface area contributed by atoms with Gasteiger partial charge in [0.15, 0.2) is 4.34 Å². The minimum Gasteiger partial charge on any atom is -0.325 e. The molecule has 1 heterocycles. The van der Waals surface area contributed by atoms with Gasteiger partial charge in [-0.3, -0.25) is 4.79 Å². The number of para-hydroxylation sites is 1.